The Morgan fingerprint density at radius 2 is 1.57 bits per heavy atom. The third-order valence-corrected chi connectivity index (χ3v) is 6.52. The highest BCUT2D eigenvalue weighted by molar-refractivity contribution is 6.30. The molecule has 2 aromatic rings. The first kappa shape index (κ1) is 19.5. The van der Waals surface area contributed by atoms with Gasteiger partial charge in [0.2, 0.25) is 0 Å². The number of para-hydroxylation sites is 1. The lowest BCUT2D eigenvalue weighted by molar-refractivity contribution is 0.256. The van der Waals surface area contributed by atoms with Crippen molar-refractivity contribution in [2.24, 2.45) is 5.41 Å². The number of anilines is 1. The zero-order chi connectivity index (χ0) is 19.6. The number of hydrogen-bond acceptors (Lipinski definition) is 2. The molecular formula is C25H31ClN2. The van der Waals surface area contributed by atoms with Crippen LogP contribution in [0.15, 0.2) is 60.2 Å². The van der Waals surface area contributed by atoms with Crippen molar-refractivity contribution in [1.82, 2.24) is 4.90 Å². The van der Waals surface area contributed by atoms with E-state index >= 15 is 0 Å². The van der Waals surface area contributed by atoms with Gasteiger partial charge in [0, 0.05) is 43.4 Å². The fourth-order valence-corrected chi connectivity index (χ4v) is 4.76. The Morgan fingerprint density at radius 3 is 2.25 bits per heavy atom. The van der Waals surface area contributed by atoms with Gasteiger partial charge < -0.3 is 4.90 Å². The van der Waals surface area contributed by atoms with Crippen LogP contribution in [0.4, 0.5) is 5.69 Å². The van der Waals surface area contributed by atoms with Crippen LogP contribution in [0, 0.1) is 5.41 Å². The van der Waals surface area contributed by atoms with Gasteiger partial charge in [0.05, 0.1) is 0 Å². The standard InChI is InChI=1S/C25H31ClN2/c1-25(2)13-12-24(20-8-10-22(26)11-9-20)21(18-25)19-27-14-16-28(17-15-27)23-6-4-3-5-7-23/h3-11H,12-19H2,1-2H3. The van der Waals surface area contributed by atoms with Gasteiger partial charge in [0.25, 0.3) is 0 Å². The second-order valence-electron chi connectivity index (χ2n) is 9.03. The molecule has 0 N–H and O–H groups in total. The van der Waals surface area contributed by atoms with Crippen LogP contribution in [0.1, 0.15) is 38.7 Å². The fourth-order valence-electron chi connectivity index (χ4n) is 4.64. The predicted molar refractivity (Wildman–Crippen MR) is 121 cm³/mol. The third kappa shape index (κ3) is 4.61. The molecule has 0 unspecified atom stereocenters. The molecule has 4 rings (SSSR count). The van der Waals surface area contributed by atoms with Crippen LogP contribution in [-0.2, 0) is 0 Å². The van der Waals surface area contributed by atoms with E-state index in [4.69, 9.17) is 11.6 Å². The minimum Gasteiger partial charge on any atom is -0.369 e. The molecule has 0 spiro atoms. The van der Waals surface area contributed by atoms with E-state index in [2.05, 4.69) is 66.1 Å². The molecule has 0 radical (unpaired) electrons. The average Bonchev–Trinajstić information content (AvgIpc) is 2.70. The maximum atomic E-state index is 6.12. The molecule has 1 fully saturated rings. The van der Waals surface area contributed by atoms with E-state index in [-0.39, 0.29) is 0 Å². The lowest BCUT2D eigenvalue weighted by atomic mass is 9.73. The van der Waals surface area contributed by atoms with Gasteiger partial charge in [-0.3, -0.25) is 4.90 Å². The largest absolute Gasteiger partial charge is 0.369 e. The Bertz CT molecular complexity index is 815. The van der Waals surface area contributed by atoms with Crippen LogP contribution in [0.5, 0.6) is 0 Å². The lowest BCUT2D eigenvalue weighted by Crippen LogP contribution is -2.47. The molecule has 1 aliphatic carbocycles. The number of benzene rings is 2. The van der Waals surface area contributed by atoms with E-state index in [1.54, 1.807) is 11.1 Å². The zero-order valence-electron chi connectivity index (χ0n) is 17.1. The summed E-state index contributed by atoms with van der Waals surface area (Å²) >= 11 is 6.12. The van der Waals surface area contributed by atoms with Gasteiger partial charge in [0.1, 0.15) is 0 Å². The van der Waals surface area contributed by atoms with E-state index < -0.39 is 0 Å². The molecule has 1 aliphatic heterocycles. The van der Waals surface area contributed by atoms with Crippen molar-refractivity contribution < 1.29 is 0 Å². The van der Waals surface area contributed by atoms with E-state index in [1.165, 1.54) is 30.5 Å². The molecule has 0 aromatic heterocycles. The molecule has 0 amide bonds. The molecule has 2 aromatic carbocycles. The van der Waals surface area contributed by atoms with Gasteiger partial charge in [-0.1, -0.05) is 61.4 Å². The number of allylic oxidation sites excluding steroid dienone is 1. The molecule has 0 bridgehead atoms. The number of halogens is 1. The number of hydrogen-bond donors (Lipinski definition) is 0. The lowest BCUT2D eigenvalue weighted by Gasteiger charge is -2.39. The zero-order valence-corrected chi connectivity index (χ0v) is 17.9. The third-order valence-electron chi connectivity index (χ3n) is 6.27. The highest BCUT2D eigenvalue weighted by Crippen LogP contribution is 2.42. The van der Waals surface area contributed by atoms with Crippen molar-refractivity contribution in [1.29, 1.82) is 0 Å². The van der Waals surface area contributed by atoms with E-state index in [0.717, 1.165) is 37.7 Å². The van der Waals surface area contributed by atoms with Gasteiger partial charge in [-0.05, 0) is 60.1 Å². The second kappa shape index (κ2) is 8.31. The fraction of sp³-hybridized carbons (Fsp3) is 0.440. The Balaban J connectivity index is 1.48. The molecule has 1 heterocycles. The van der Waals surface area contributed by atoms with Crippen LogP contribution in [-0.4, -0.2) is 37.6 Å². The van der Waals surface area contributed by atoms with Gasteiger partial charge >= 0.3 is 0 Å². The summed E-state index contributed by atoms with van der Waals surface area (Å²) in [5, 5.41) is 0.819. The van der Waals surface area contributed by atoms with Crippen molar-refractivity contribution >= 4 is 22.9 Å². The normalized spacial score (nSPS) is 20.5. The van der Waals surface area contributed by atoms with Crippen LogP contribution in [0.3, 0.4) is 0 Å². The minimum atomic E-state index is 0.400. The van der Waals surface area contributed by atoms with Crippen LogP contribution >= 0.6 is 11.6 Å². The van der Waals surface area contributed by atoms with Crippen molar-refractivity contribution in [2.75, 3.05) is 37.6 Å². The minimum absolute atomic E-state index is 0.400. The molecule has 2 aliphatic rings. The molecule has 1 saturated heterocycles. The van der Waals surface area contributed by atoms with Gasteiger partial charge in [0.15, 0.2) is 0 Å². The number of nitrogens with zero attached hydrogens (tertiary/aromatic N) is 2. The summed E-state index contributed by atoms with van der Waals surface area (Å²) in [7, 11) is 0. The second-order valence-corrected chi connectivity index (χ2v) is 9.47. The van der Waals surface area contributed by atoms with Crippen molar-refractivity contribution in [2.45, 2.75) is 33.1 Å². The summed E-state index contributed by atoms with van der Waals surface area (Å²) in [6.07, 6.45) is 3.63. The van der Waals surface area contributed by atoms with E-state index in [9.17, 15) is 0 Å². The number of rotatable bonds is 4. The summed E-state index contributed by atoms with van der Waals surface area (Å²) in [4.78, 5) is 5.15. The average molecular weight is 395 g/mol. The Labute approximate surface area is 174 Å². The topological polar surface area (TPSA) is 6.48 Å². The summed E-state index contributed by atoms with van der Waals surface area (Å²) in [6, 6.07) is 19.3. The monoisotopic (exact) mass is 394 g/mol. The van der Waals surface area contributed by atoms with Gasteiger partial charge in [-0.25, -0.2) is 0 Å². The van der Waals surface area contributed by atoms with Crippen LogP contribution < -0.4 is 4.90 Å². The maximum Gasteiger partial charge on any atom is 0.0406 e. The van der Waals surface area contributed by atoms with Gasteiger partial charge in [-0.15, -0.1) is 0 Å². The van der Waals surface area contributed by atoms with Crippen molar-refractivity contribution in [3.05, 3.63) is 70.8 Å². The predicted octanol–water partition coefficient (Wildman–Crippen LogP) is 6.13. The first-order valence-corrected chi connectivity index (χ1v) is 10.9. The highest BCUT2D eigenvalue weighted by atomic mass is 35.5. The molecular weight excluding hydrogens is 364 g/mol. The summed E-state index contributed by atoms with van der Waals surface area (Å²) in [5.41, 5.74) is 6.30. The van der Waals surface area contributed by atoms with Crippen LogP contribution in [0.2, 0.25) is 5.02 Å². The first-order chi connectivity index (χ1) is 13.5. The Hall–Kier alpha value is -1.77. The molecule has 0 saturated carbocycles. The SMILES string of the molecule is CC1(C)CCC(c2ccc(Cl)cc2)=C(CN2CCN(c3ccccc3)CC2)C1. The molecule has 3 heteroatoms. The smallest absolute Gasteiger partial charge is 0.0406 e. The Morgan fingerprint density at radius 1 is 0.893 bits per heavy atom. The molecule has 2 nitrogen and oxygen atoms in total. The molecule has 0 atom stereocenters. The highest BCUT2D eigenvalue weighted by Gasteiger charge is 2.29. The molecule has 148 valence electrons. The summed E-state index contributed by atoms with van der Waals surface area (Å²) in [5.74, 6) is 0. The van der Waals surface area contributed by atoms with Crippen molar-refractivity contribution in [3.8, 4) is 0 Å². The van der Waals surface area contributed by atoms with Crippen molar-refractivity contribution in [3.63, 3.8) is 0 Å². The quantitative estimate of drug-likeness (QED) is 0.615. The van der Waals surface area contributed by atoms with Crippen LogP contribution in [0.25, 0.3) is 5.57 Å². The summed E-state index contributed by atoms with van der Waals surface area (Å²) < 4.78 is 0. The maximum absolute atomic E-state index is 6.12. The summed E-state index contributed by atoms with van der Waals surface area (Å²) in [6.45, 7) is 10.4. The number of piperazine rings is 1. The van der Waals surface area contributed by atoms with E-state index in [0.29, 0.717) is 5.41 Å². The first-order valence-electron chi connectivity index (χ1n) is 10.5. The molecule has 28 heavy (non-hydrogen) atoms. The van der Waals surface area contributed by atoms with E-state index in [1.807, 2.05) is 12.1 Å². The van der Waals surface area contributed by atoms with Gasteiger partial charge in [-0.2, -0.15) is 0 Å². The Kier molecular flexibility index (Phi) is 5.80.